The molecular formula is C12H17NO3. The van der Waals surface area contributed by atoms with Crippen molar-refractivity contribution in [2.24, 2.45) is 0 Å². The molecule has 1 aromatic rings. The number of aryl methyl sites for hydroxylation is 1. The van der Waals surface area contributed by atoms with Gasteiger partial charge in [0.25, 0.3) is 0 Å². The van der Waals surface area contributed by atoms with Gasteiger partial charge in [-0.15, -0.1) is 0 Å². The third-order valence-corrected chi connectivity index (χ3v) is 2.04. The molecule has 0 spiro atoms. The third kappa shape index (κ3) is 3.90. The van der Waals surface area contributed by atoms with Gasteiger partial charge in [0.1, 0.15) is 12.4 Å². The standard InChI is InChI=1S/C12H17NO3/c1-8(2)16-7-12(15)13-10-5-4-9(3)11(14)6-10/h4-6,8,14H,7H2,1-3H3,(H,13,15). The van der Waals surface area contributed by atoms with E-state index in [0.29, 0.717) is 5.69 Å². The smallest absolute Gasteiger partial charge is 0.250 e. The van der Waals surface area contributed by atoms with E-state index in [-0.39, 0.29) is 24.4 Å². The molecule has 1 amide bonds. The summed E-state index contributed by atoms with van der Waals surface area (Å²) in [5.41, 5.74) is 1.34. The number of amides is 1. The van der Waals surface area contributed by atoms with Crippen LogP contribution in [0.5, 0.6) is 5.75 Å². The third-order valence-electron chi connectivity index (χ3n) is 2.04. The van der Waals surface area contributed by atoms with E-state index in [9.17, 15) is 9.90 Å². The summed E-state index contributed by atoms with van der Waals surface area (Å²) in [5.74, 6) is -0.0560. The molecule has 1 aromatic carbocycles. The molecule has 0 bridgehead atoms. The van der Waals surface area contributed by atoms with Crippen molar-refractivity contribution in [1.29, 1.82) is 0 Å². The van der Waals surface area contributed by atoms with E-state index in [1.807, 2.05) is 13.8 Å². The van der Waals surface area contributed by atoms with Crippen molar-refractivity contribution in [2.45, 2.75) is 26.9 Å². The van der Waals surface area contributed by atoms with E-state index in [1.54, 1.807) is 19.1 Å². The van der Waals surface area contributed by atoms with Crippen LogP contribution in [0, 0.1) is 6.92 Å². The SMILES string of the molecule is Cc1ccc(NC(=O)COC(C)C)cc1O. The minimum atomic E-state index is -0.225. The first-order valence-electron chi connectivity index (χ1n) is 5.20. The summed E-state index contributed by atoms with van der Waals surface area (Å²) < 4.78 is 5.16. The number of rotatable bonds is 4. The molecule has 0 aliphatic heterocycles. The highest BCUT2D eigenvalue weighted by Gasteiger charge is 2.05. The van der Waals surface area contributed by atoms with Crippen molar-refractivity contribution in [3.63, 3.8) is 0 Å². The van der Waals surface area contributed by atoms with E-state index < -0.39 is 0 Å². The molecule has 0 saturated heterocycles. The Labute approximate surface area is 95.2 Å². The predicted octanol–water partition coefficient (Wildman–Crippen LogP) is 2.06. The van der Waals surface area contributed by atoms with Crippen molar-refractivity contribution in [2.75, 3.05) is 11.9 Å². The summed E-state index contributed by atoms with van der Waals surface area (Å²) in [6.45, 7) is 5.55. The maximum atomic E-state index is 11.4. The minimum Gasteiger partial charge on any atom is -0.508 e. The van der Waals surface area contributed by atoms with Gasteiger partial charge in [0.05, 0.1) is 6.10 Å². The number of ether oxygens (including phenoxy) is 1. The van der Waals surface area contributed by atoms with Gasteiger partial charge in [-0.3, -0.25) is 4.79 Å². The average molecular weight is 223 g/mol. The number of carbonyl (C=O) groups is 1. The lowest BCUT2D eigenvalue weighted by Crippen LogP contribution is -2.20. The van der Waals surface area contributed by atoms with Crippen molar-refractivity contribution in [3.05, 3.63) is 23.8 Å². The monoisotopic (exact) mass is 223 g/mol. The number of aromatic hydroxyl groups is 1. The summed E-state index contributed by atoms with van der Waals surface area (Å²) in [4.78, 5) is 11.4. The number of anilines is 1. The first-order valence-corrected chi connectivity index (χ1v) is 5.20. The number of phenolic OH excluding ortho intramolecular Hbond substituents is 1. The van der Waals surface area contributed by atoms with Crippen LogP contribution in [0.15, 0.2) is 18.2 Å². The van der Waals surface area contributed by atoms with Crippen LogP contribution in [0.1, 0.15) is 19.4 Å². The lowest BCUT2D eigenvalue weighted by atomic mass is 10.2. The molecule has 1 rings (SSSR count). The molecule has 0 aliphatic rings. The molecule has 0 unspecified atom stereocenters. The van der Waals surface area contributed by atoms with Gasteiger partial charge in [0.15, 0.2) is 0 Å². The van der Waals surface area contributed by atoms with E-state index in [0.717, 1.165) is 5.56 Å². The summed E-state index contributed by atoms with van der Waals surface area (Å²) >= 11 is 0. The van der Waals surface area contributed by atoms with Crippen LogP contribution in [0.2, 0.25) is 0 Å². The van der Waals surface area contributed by atoms with Gasteiger partial charge in [-0.05, 0) is 32.4 Å². The van der Waals surface area contributed by atoms with Crippen LogP contribution >= 0.6 is 0 Å². The number of hydrogen-bond acceptors (Lipinski definition) is 3. The van der Waals surface area contributed by atoms with Crippen LogP contribution in [-0.2, 0) is 9.53 Å². The van der Waals surface area contributed by atoms with Crippen LogP contribution in [-0.4, -0.2) is 23.7 Å². The zero-order valence-corrected chi connectivity index (χ0v) is 9.78. The Morgan fingerprint density at radius 2 is 2.19 bits per heavy atom. The number of nitrogens with one attached hydrogen (secondary N) is 1. The Morgan fingerprint density at radius 3 is 2.75 bits per heavy atom. The van der Waals surface area contributed by atoms with Crippen LogP contribution < -0.4 is 5.32 Å². The van der Waals surface area contributed by atoms with Gasteiger partial charge >= 0.3 is 0 Å². The lowest BCUT2D eigenvalue weighted by molar-refractivity contribution is -0.121. The fourth-order valence-electron chi connectivity index (χ4n) is 1.13. The van der Waals surface area contributed by atoms with E-state index >= 15 is 0 Å². The summed E-state index contributed by atoms with van der Waals surface area (Å²) in [5, 5.41) is 12.1. The van der Waals surface area contributed by atoms with Gasteiger partial charge < -0.3 is 15.2 Å². The number of hydrogen-bond donors (Lipinski definition) is 2. The Morgan fingerprint density at radius 1 is 1.50 bits per heavy atom. The highest BCUT2D eigenvalue weighted by Crippen LogP contribution is 2.20. The second-order valence-corrected chi connectivity index (χ2v) is 3.91. The van der Waals surface area contributed by atoms with E-state index in [2.05, 4.69) is 5.32 Å². The van der Waals surface area contributed by atoms with Gasteiger partial charge in [0, 0.05) is 11.8 Å². The normalized spacial score (nSPS) is 10.5. The Kier molecular flexibility index (Phi) is 4.31. The quantitative estimate of drug-likeness (QED) is 0.821. The van der Waals surface area contributed by atoms with E-state index in [1.165, 1.54) is 6.07 Å². The maximum absolute atomic E-state index is 11.4. The predicted molar refractivity (Wildman–Crippen MR) is 62.6 cm³/mol. The number of benzene rings is 1. The van der Waals surface area contributed by atoms with Crippen molar-refractivity contribution >= 4 is 11.6 Å². The molecule has 4 nitrogen and oxygen atoms in total. The highest BCUT2D eigenvalue weighted by molar-refractivity contribution is 5.91. The number of carbonyl (C=O) groups excluding carboxylic acids is 1. The van der Waals surface area contributed by atoms with Crippen LogP contribution in [0.3, 0.4) is 0 Å². The fraction of sp³-hybridized carbons (Fsp3) is 0.417. The first kappa shape index (κ1) is 12.5. The zero-order chi connectivity index (χ0) is 12.1. The largest absolute Gasteiger partial charge is 0.508 e. The molecule has 0 saturated carbocycles. The highest BCUT2D eigenvalue weighted by atomic mass is 16.5. The molecule has 88 valence electrons. The average Bonchev–Trinajstić information content (AvgIpc) is 2.21. The second-order valence-electron chi connectivity index (χ2n) is 3.91. The zero-order valence-electron chi connectivity index (χ0n) is 9.78. The molecule has 0 aromatic heterocycles. The number of phenols is 1. The van der Waals surface area contributed by atoms with Gasteiger partial charge in [-0.2, -0.15) is 0 Å². The molecule has 0 atom stereocenters. The minimum absolute atomic E-state index is 0.0201. The van der Waals surface area contributed by atoms with Crippen molar-refractivity contribution in [3.8, 4) is 5.75 Å². The fourth-order valence-corrected chi connectivity index (χ4v) is 1.13. The topological polar surface area (TPSA) is 58.6 Å². The molecule has 0 fully saturated rings. The van der Waals surface area contributed by atoms with Gasteiger partial charge in [-0.1, -0.05) is 6.07 Å². The van der Waals surface area contributed by atoms with Crippen LogP contribution in [0.25, 0.3) is 0 Å². The molecule has 0 aliphatic carbocycles. The van der Waals surface area contributed by atoms with Crippen LogP contribution in [0.4, 0.5) is 5.69 Å². The molecule has 0 heterocycles. The second kappa shape index (κ2) is 5.51. The Balaban J connectivity index is 2.53. The Bertz CT molecular complexity index is 375. The van der Waals surface area contributed by atoms with E-state index in [4.69, 9.17) is 4.74 Å². The Hall–Kier alpha value is -1.55. The van der Waals surface area contributed by atoms with Crippen molar-refractivity contribution < 1.29 is 14.6 Å². The summed E-state index contributed by atoms with van der Waals surface area (Å²) in [6, 6.07) is 5.00. The summed E-state index contributed by atoms with van der Waals surface area (Å²) in [6.07, 6.45) is 0.0252. The van der Waals surface area contributed by atoms with Gasteiger partial charge in [0.2, 0.25) is 5.91 Å². The maximum Gasteiger partial charge on any atom is 0.250 e. The molecule has 16 heavy (non-hydrogen) atoms. The van der Waals surface area contributed by atoms with Gasteiger partial charge in [-0.25, -0.2) is 0 Å². The molecular weight excluding hydrogens is 206 g/mol. The lowest BCUT2D eigenvalue weighted by Gasteiger charge is -2.09. The van der Waals surface area contributed by atoms with Crippen molar-refractivity contribution in [1.82, 2.24) is 0 Å². The first-order chi connectivity index (χ1) is 7.49. The molecule has 0 radical (unpaired) electrons. The molecule has 2 N–H and O–H groups in total. The molecule has 4 heteroatoms. The summed E-state index contributed by atoms with van der Waals surface area (Å²) in [7, 11) is 0.